The molecule has 0 spiro atoms. The Morgan fingerprint density at radius 1 is 1.38 bits per heavy atom. The van der Waals surface area contributed by atoms with E-state index < -0.39 is 0 Å². The van der Waals surface area contributed by atoms with Gasteiger partial charge in [-0.2, -0.15) is 47.9 Å². The Morgan fingerprint density at radius 3 is 2.62 bits per heavy atom. The van der Waals surface area contributed by atoms with Crippen molar-refractivity contribution in [2.75, 3.05) is 23.0 Å². The van der Waals surface area contributed by atoms with E-state index in [4.69, 9.17) is 0 Å². The van der Waals surface area contributed by atoms with Crippen molar-refractivity contribution in [2.24, 2.45) is 0 Å². The molecule has 2 aliphatic rings. The second-order valence-electron chi connectivity index (χ2n) is 3.62. The summed E-state index contributed by atoms with van der Waals surface area (Å²) in [6.45, 7) is 0. The maximum atomic E-state index is 4.35. The first-order valence-corrected chi connectivity index (χ1v) is 8.62. The van der Waals surface area contributed by atoms with Gasteiger partial charge in [0, 0.05) is 33.0 Å². The minimum absolute atomic E-state index is 0.906. The Hall–Kier alpha value is 1.40. The van der Waals surface area contributed by atoms with Crippen molar-refractivity contribution in [3.05, 3.63) is 0 Å². The molecule has 4 heteroatoms. The van der Waals surface area contributed by atoms with E-state index in [-0.39, 0.29) is 0 Å². The fraction of sp³-hybridized carbons (Fsp3) is 1.00. The molecule has 76 valence electrons. The highest BCUT2D eigenvalue weighted by molar-refractivity contribution is 8.08. The minimum Gasteiger partial charge on any atom is -0.179 e. The molecule has 2 fully saturated rings. The van der Waals surface area contributed by atoms with Gasteiger partial charge in [-0.1, -0.05) is 0 Å². The Labute approximate surface area is 99.2 Å². The van der Waals surface area contributed by atoms with Crippen molar-refractivity contribution >= 4 is 47.9 Å². The fourth-order valence-electron chi connectivity index (χ4n) is 1.45. The third-order valence-corrected chi connectivity index (χ3v) is 6.86. The van der Waals surface area contributed by atoms with E-state index in [1.165, 1.54) is 30.1 Å². The zero-order valence-corrected chi connectivity index (χ0v) is 11.0. The molecule has 0 N–H and O–H groups in total. The summed E-state index contributed by atoms with van der Waals surface area (Å²) in [6.07, 6.45) is 2.75. The molecule has 0 aromatic carbocycles. The van der Waals surface area contributed by atoms with Crippen LogP contribution >= 0.6 is 47.9 Å². The van der Waals surface area contributed by atoms with Gasteiger partial charge in [0.1, 0.15) is 0 Å². The number of hydrogen-bond acceptors (Lipinski definition) is 4. The third kappa shape index (κ3) is 3.80. The topological polar surface area (TPSA) is 0 Å². The van der Waals surface area contributed by atoms with Crippen LogP contribution in [0.2, 0.25) is 0 Å². The molecule has 0 radical (unpaired) electrons. The van der Waals surface area contributed by atoms with Gasteiger partial charge in [-0.25, -0.2) is 0 Å². The number of thioether (sulfide) groups is 3. The first-order valence-electron chi connectivity index (χ1n) is 4.84. The molecule has 13 heavy (non-hydrogen) atoms. The zero-order valence-electron chi connectivity index (χ0n) is 7.65. The summed E-state index contributed by atoms with van der Waals surface area (Å²) in [4.78, 5) is 0. The molecule has 0 bridgehead atoms. The van der Waals surface area contributed by atoms with Gasteiger partial charge in [0.2, 0.25) is 0 Å². The predicted octanol–water partition coefficient (Wildman–Crippen LogP) is 3.03. The second-order valence-corrected chi connectivity index (χ2v) is 8.08. The van der Waals surface area contributed by atoms with Crippen LogP contribution in [0.4, 0.5) is 0 Å². The van der Waals surface area contributed by atoms with E-state index in [2.05, 4.69) is 47.9 Å². The van der Waals surface area contributed by atoms with E-state index >= 15 is 0 Å². The quantitative estimate of drug-likeness (QED) is 0.570. The Kier molecular flexibility index (Phi) is 4.59. The van der Waals surface area contributed by atoms with Gasteiger partial charge in [-0.3, -0.25) is 0 Å². The lowest BCUT2D eigenvalue weighted by molar-refractivity contribution is 0.761. The van der Waals surface area contributed by atoms with Crippen molar-refractivity contribution in [3.8, 4) is 0 Å². The highest BCUT2D eigenvalue weighted by atomic mass is 32.2. The van der Waals surface area contributed by atoms with Crippen LogP contribution in [0.5, 0.6) is 0 Å². The van der Waals surface area contributed by atoms with Crippen LogP contribution in [-0.4, -0.2) is 38.8 Å². The zero-order chi connectivity index (χ0) is 9.10. The Bertz CT molecular complexity index is 154. The maximum Gasteiger partial charge on any atom is 0.0231 e. The Morgan fingerprint density at radius 2 is 2.15 bits per heavy atom. The largest absolute Gasteiger partial charge is 0.179 e. The lowest BCUT2D eigenvalue weighted by Gasteiger charge is -2.28. The van der Waals surface area contributed by atoms with Gasteiger partial charge in [0.05, 0.1) is 0 Å². The normalized spacial score (nSPS) is 29.8. The number of hydrogen-bond donors (Lipinski definition) is 1. The van der Waals surface area contributed by atoms with Gasteiger partial charge in [-0.05, 0) is 18.6 Å². The lowest BCUT2D eigenvalue weighted by atomic mass is 10.2. The van der Waals surface area contributed by atoms with Gasteiger partial charge in [-0.15, -0.1) is 0 Å². The molecule has 2 unspecified atom stereocenters. The van der Waals surface area contributed by atoms with E-state index in [9.17, 15) is 0 Å². The fourth-order valence-corrected chi connectivity index (χ4v) is 5.47. The lowest BCUT2D eigenvalue weighted by Crippen LogP contribution is -2.25. The van der Waals surface area contributed by atoms with Crippen LogP contribution in [0, 0.1) is 0 Å². The SMILES string of the molecule is SCCC(CC1CS1)SC1CSC1. The van der Waals surface area contributed by atoms with E-state index in [1.807, 2.05) is 0 Å². The first kappa shape index (κ1) is 10.9. The number of rotatable bonds is 6. The molecular formula is C9H16S4. The van der Waals surface area contributed by atoms with E-state index in [1.54, 1.807) is 0 Å². The van der Waals surface area contributed by atoms with Gasteiger partial charge >= 0.3 is 0 Å². The van der Waals surface area contributed by atoms with E-state index in [0.717, 1.165) is 21.5 Å². The molecule has 2 rings (SSSR count). The molecule has 0 aromatic heterocycles. The van der Waals surface area contributed by atoms with Crippen molar-refractivity contribution < 1.29 is 0 Å². The van der Waals surface area contributed by atoms with Gasteiger partial charge < -0.3 is 0 Å². The van der Waals surface area contributed by atoms with Crippen LogP contribution < -0.4 is 0 Å². The molecule has 0 aliphatic carbocycles. The smallest absolute Gasteiger partial charge is 0.0231 e. The van der Waals surface area contributed by atoms with Crippen molar-refractivity contribution in [1.29, 1.82) is 0 Å². The molecule has 0 amide bonds. The monoisotopic (exact) mass is 252 g/mol. The van der Waals surface area contributed by atoms with Crippen molar-refractivity contribution in [2.45, 2.75) is 28.6 Å². The molecular weight excluding hydrogens is 236 g/mol. The van der Waals surface area contributed by atoms with Crippen LogP contribution in [0.3, 0.4) is 0 Å². The summed E-state index contributed by atoms with van der Waals surface area (Å²) < 4.78 is 0. The first-order chi connectivity index (χ1) is 6.38. The summed E-state index contributed by atoms with van der Waals surface area (Å²) in [5.41, 5.74) is 0. The minimum atomic E-state index is 0.906. The molecule has 2 heterocycles. The van der Waals surface area contributed by atoms with E-state index in [0.29, 0.717) is 0 Å². The van der Waals surface area contributed by atoms with Gasteiger partial charge in [0.15, 0.2) is 0 Å². The van der Waals surface area contributed by atoms with Crippen molar-refractivity contribution in [1.82, 2.24) is 0 Å². The summed E-state index contributed by atoms with van der Waals surface area (Å²) in [7, 11) is 0. The highest BCUT2D eigenvalue weighted by Gasteiger charge is 2.29. The van der Waals surface area contributed by atoms with Crippen LogP contribution in [0.1, 0.15) is 12.8 Å². The van der Waals surface area contributed by atoms with Crippen LogP contribution in [-0.2, 0) is 0 Å². The summed E-state index contributed by atoms with van der Waals surface area (Å²) in [5, 5.41) is 2.88. The molecule has 0 aromatic rings. The molecule has 0 saturated carbocycles. The average molecular weight is 252 g/mol. The van der Waals surface area contributed by atoms with Crippen LogP contribution in [0.25, 0.3) is 0 Å². The summed E-state index contributed by atoms with van der Waals surface area (Å²) in [5.74, 6) is 5.27. The van der Waals surface area contributed by atoms with Crippen LogP contribution in [0.15, 0.2) is 0 Å². The predicted molar refractivity (Wildman–Crippen MR) is 71.8 cm³/mol. The molecule has 2 saturated heterocycles. The molecule has 2 aliphatic heterocycles. The third-order valence-electron chi connectivity index (χ3n) is 2.37. The van der Waals surface area contributed by atoms with Crippen molar-refractivity contribution in [3.63, 3.8) is 0 Å². The summed E-state index contributed by atoms with van der Waals surface area (Å²) >= 11 is 10.8. The highest BCUT2D eigenvalue weighted by Crippen LogP contribution is 2.41. The molecule has 0 nitrogen and oxygen atoms in total. The number of thiol groups is 1. The average Bonchev–Trinajstić information content (AvgIpc) is 2.81. The van der Waals surface area contributed by atoms with Gasteiger partial charge in [0.25, 0.3) is 0 Å². The maximum absolute atomic E-state index is 4.35. The summed E-state index contributed by atoms with van der Waals surface area (Å²) in [6, 6.07) is 0. The second kappa shape index (κ2) is 5.47. The standard InChI is InChI=1S/C9H16S4/c10-2-1-7(3-8-6-12-8)13-9-4-11-5-9/h7-10H,1-6H2. The Balaban J connectivity index is 1.67. The molecule has 2 atom stereocenters.